The molecule has 0 aliphatic carbocycles. The average Bonchev–Trinajstić information content (AvgIpc) is 3.32. The minimum absolute atomic E-state index is 1.09. The van der Waals surface area contributed by atoms with E-state index in [1.807, 2.05) is 0 Å². The van der Waals surface area contributed by atoms with Crippen LogP contribution in [0.3, 0.4) is 0 Å². The second kappa shape index (κ2) is 14.6. The van der Waals surface area contributed by atoms with Gasteiger partial charge in [-0.05, 0) is 119 Å². The van der Waals surface area contributed by atoms with Gasteiger partial charge >= 0.3 is 0 Å². The molecular formula is C58H39N. The fourth-order valence-corrected chi connectivity index (χ4v) is 8.90. The molecule has 0 N–H and O–H groups in total. The van der Waals surface area contributed by atoms with Crippen molar-refractivity contribution in [2.45, 2.75) is 0 Å². The van der Waals surface area contributed by atoms with E-state index < -0.39 is 0 Å². The van der Waals surface area contributed by atoms with Crippen LogP contribution in [0.2, 0.25) is 0 Å². The Morgan fingerprint density at radius 1 is 0.220 bits per heavy atom. The van der Waals surface area contributed by atoms with Gasteiger partial charge in [0.25, 0.3) is 0 Å². The Kier molecular flexibility index (Phi) is 8.56. The Morgan fingerprint density at radius 3 is 1.59 bits per heavy atom. The van der Waals surface area contributed by atoms with Crippen LogP contribution in [0.15, 0.2) is 237 Å². The SMILES string of the molecule is c1ccc(-c2ccc(-c3cc4ccccc4c4ccccc34)cc2N(c2ccc(-c3cccc(-c4ccc5ccccc5c4)c3)cc2)c2cccc3ccccc23)cc1. The molecule has 0 saturated carbocycles. The van der Waals surface area contributed by atoms with Crippen LogP contribution in [0, 0.1) is 0 Å². The van der Waals surface area contributed by atoms with Crippen LogP contribution >= 0.6 is 0 Å². The Balaban J connectivity index is 1.10. The average molecular weight is 750 g/mol. The summed E-state index contributed by atoms with van der Waals surface area (Å²) in [5.41, 5.74) is 12.9. The highest BCUT2D eigenvalue weighted by Gasteiger charge is 2.21. The van der Waals surface area contributed by atoms with Crippen LogP contribution in [-0.2, 0) is 0 Å². The zero-order valence-electron chi connectivity index (χ0n) is 32.5. The predicted molar refractivity (Wildman–Crippen MR) is 253 cm³/mol. The minimum Gasteiger partial charge on any atom is -0.309 e. The van der Waals surface area contributed by atoms with Crippen molar-refractivity contribution >= 4 is 60.2 Å². The molecule has 11 aromatic carbocycles. The maximum Gasteiger partial charge on any atom is 0.0546 e. The molecule has 59 heavy (non-hydrogen) atoms. The molecule has 11 aromatic rings. The van der Waals surface area contributed by atoms with E-state index in [0.29, 0.717) is 0 Å². The van der Waals surface area contributed by atoms with E-state index in [2.05, 4.69) is 241 Å². The van der Waals surface area contributed by atoms with E-state index in [4.69, 9.17) is 0 Å². The molecule has 1 heteroatoms. The van der Waals surface area contributed by atoms with Gasteiger partial charge in [-0.25, -0.2) is 0 Å². The first kappa shape index (κ1) is 34.5. The van der Waals surface area contributed by atoms with Gasteiger partial charge in [0, 0.05) is 16.6 Å². The van der Waals surface area contributed by atoms with Crippen molar-refractivity contribution < 1.29 is 0 Å². The highest BCUT2D eigenvalue weighted by Crippen LogP contribution is 2.46. The summed E-state index contributed by atoms with van der Waals surface area (Å²) >= 11 is 0. The Hall–Kier alpha value is -7.74. The fourth-order valence-electron chi connectivity index (χ4n) is 8.90. The normalized spacial score (nSPS) is 11.4. The number of fused-ring (bicyclic) bond motifs is 5. The van der Waals surface area contributed by atoms with E-state index >= 15 is 0 Å². The lowest BCUT2D eigenvalue weighted by Crippen LogP contribution is -2.12. The third kappa shape index (κ3) is 6.30. The summed E-state index contributed by atoms with van der Waals surface area (Å²) in [6.45, 7) is 0. The fraction of sp³-hybridized carbons (Fsp3) is 0. The molecule has 0 bridgehead atoms. The first-order chi connectivity index (χ1) is 29.2. The number of anilines is 3. The molecule has 11 rings (SSSR count). The highest BCUT2D eigenvalue weighted by molar-refractivity contribution is 6.14. The lowest BCUT2D eigenvalue weighted by atomic mass is 9.91. The van der Waals surface area contributed by atoms with Crippen LogP contribution in [0.25, 0.3) is 87.6 Å². The van der Waals surface area contributed by atoms with Crippen LogP contribution in [0.4, 0.5) is 17.1 Å². The number of hydrogen-bond donors (Lipinski definition) is 0. The monoisotopic (exact) mass is 749 g/mol. The quantitative estimate of drug-likeness (QED) is 0.147. The third-order valence-corrected chi connectivity index (χ3v) is 11.8. The largest absolute Gasteiger partial charge is 0.309 e. The number of nitrogens with zero attached hydrogens (tertiary/aromatic N) is 1. The van der Waals surface area contributed by atoms with E-state index in [1.54, 1.807) is 0 Å². The molecule has 0 fully saturated rings. The second-order valence-corrected chi connectivity index (χ2v) is 15.3. The van der Waals surface area contributed by atoms with Crippen molar-refractivity contribution in [3.8, 4) is 44.5 Å². The first-order valence-electron chi connectivity index (χ1n) is 20.3. The molecule has 276 valence electrons. The topological polar surface area (TPSA) is 3.24 Å². The maximum absolute atomic E-state index is 2.46. The molecule has 0 aliphatic heterocycles. The second-order valence-electron chi connectivity index (χ2n) is 15.3. The van der Waals surface area contributed by atoms with Crippen molar-refractivity contribution in [2.24, 2.45) is 0 Å². The standard InChI is InChI=1S/C58H39N/c1-2-15-42(16-3-1)53-35-32-49(56-38-48-19-7-8-23-51(48)54-25-10-11-26-55(54)56)39-58(53)59(57-27-13-20-43-17-6-9-24-52(43)57)50-33-30-41(31-34-50)45-21-12-22-46(36-45)47-29-28-40-14-4-5-18-44(40)37-47/h1-39H. The van der Waals surface area contributed by atoms with E-state index in [0.717, 1.165) is 17.1 Å². The van der Waals surface area contributed by atoms with Crippen LogP contribution in [-0.4, -0.2) is 0 Å². The molecule has 0 heterocycles. The summed E-state index contributed by atoms with van der Waals surface area (Å²) in [7, 11) is 0. The minimum atomic E-state index is 1.09. The van der Waals surface area contributed by atoms with Crippen LogP contribution < -0.4 is 4.90 Å². The maximum atomic E-state index is 2.46. The smallest absolute Gasteiger partial charge is 0.0546 e. The van der Waals surface area contributed by atoms with Crippen molar-refractivity contribution in [3.63, 3.8) is 0 Å². The third-order valence-electron chi connectivity index (χ3n) is 11.8. The number of hydrogen-bond acceptors (Lipinski definition) is 1. The molecule has 0 unspecified atom stereocenters. The number of rotatable bonds is 7. The molecule has 0 spiro atoms. The Bertz CT molecular complexity index is 3320. The molecular weight excluding hydrogens is 711 g/mol. The zero-order valence-corrected chi connectivity index (χ0v) is 32.5. The molecule has 0 amide bonds. The summed E-state index contributed by atoms with van der Waals surface area (Å²) in [5, 5.41) is 9.93. The van der Waals surface area contributed by atoms with Gasteiger partial charge in [-0.1, -0.05) is 194 Å². The molecule has 0 aliphatic rings. The van der Waals surface area contributed by atoms with E-state index in [1.165, 1.54) is 87.6 Å². The summed E-state index contributed by atoms with van der Waals surface area (Å²) in [6, 6.07) is 86.4. The summed E-state index contributed by atoms with van der Waals surface area (Å²) < 4.78 is 0. The van der Waals surface area contributed by atoms with Gasteiger partial charge in [-0.15, -0.1) is 0 Å². The number of benzene rings is 11. The van der Waals surface area contributed by atoms with Crippen molar-refractivity contribution in [1.29, 1.82) is 0 Å². The van der Waals surface area contributed by atoms with E-state index in [-0.39, 0.29) is 0 Å². The van der Waals surface area contributed by atoms with Crippen LogP contribution in [0.1, 0.15) is 0 Å². The van der Waals surface area contributed by atoms with Gasteiger partial charge in [0.1, 0.15) is 0 Å². The van der Waals surface area contributed by atoms with Crippen LogP contribution in [0.5, 0.6) is 0 Å². The lowest BCUT2D eigenvalue weighted by molar-refractivity contribution is 1.30. The van der Waals surface area contributed by atoms with E-state index in [9.17, 15) is 0 Å². The molecule has 0 radical (unpaired) electrons. The van der Waals surface area contributed by atoms with Gasteiger partial charge in [-0.3, -0.25) is 0 Å². The molecule has 1 nitrogen and oxygen atoms in total. The first-order valence-corrected chi connectivity index (χ1v) is 20.3. The van der Waals surface area contributed by atoms with Gasteiger partial charge in [-0.2, -0.15) is 0 Å². The zero-order chi connectivity index (χ0) is 39.1. The van der Waals surface area contributed by atoms with Crippen molar-refractivity contribution in [1.82, 2.24) is 0 Å². The summed E-state index contributed by atoms with van der Waals surface area (Å²) in [5.74, 6) is 0. The predicted octanol–water partition coefficient (Wildman–Crippen LogP) is 16.4. The van der Waals surface area contributed by atoms with Gasteiger partial charge in [0.15, 0.2) is 0 Å². The van der Waals surface area contributed by atoms with Crippen molar-refractivity contribution in [2.75, 3.05) is 4.90 Å². The molecule has 0 saturated heterocycles. The molecule has 0 atom stereocenters. The lowest BCUT2D eigenvalue weighted by Gasteiger charge is -2.30. The van der Waals surface area contributed by atoms with Gasteiger partial charge in [0.05, 0.1) is 11.4 Å². The summed E-state index contributed by atoms with van der Waals surface area (Å²) in [4.78, 5) is 2.46. The van der Waals surface area contributed by atoms with Crippen molar-refractivity contribution in [3.05, 3.63) is 237 Å². The van der Waals surface area contributed by atoms with Gasteiger partial charge in [0.2, 0.25) is 0 Å². The highest BCUT2D eigenvalue weighted by atomic mass is 15.1. The Morgan fingerprint density at radius 2 is 0.780 bits per heavy atom. The Labute approximate surface area is 344 Å². The van der Waals surface area contributed by atoms with Gasteiger partial charge < -0.3 is 4.90 Å². The summed E-state index contributed by atoms with van der Waals surface area (Å²) in [6.07, 6.45) is 0. The molecule has 0 aromatic heterocycles.